The minimum Gasteiger partial charge on any atom is -0.386 e. The fourth-order valence-corrected chi connectivity index (χ4v) is 2.42. The van der Waals surface area contributed by atoms with E-state index in [0.717, 1.165) is 12.8 Å². The van der Waals surface area contributed by atoms with Crippen LogP contribution >= 0.6 is 0 Å². The second kappa shape index (κ2) is 3.55. The summed E-state index contributed by atoms with van der Waals surface area (Å²) in [7, 11) is 0. The van der Waals surface area contributed by atoms with Gasteiger partial charge in [0, 0.05) is 6.07 Å². The van der Waals surface area contributed by atoms with E-state index in [9.17, 15) is 20.0 Å². The zero-order chi connectivity index (χ0) is 12.9. The standard InChI is InChI=1S/C11H13N3O4/c15-10(9-3-8(4-12-9)14(17)18)13-5-11(16,6-13)7-1-2-7/h3-4,7,12,16H,1-2,5-6H2. The average Bonchev–Trinajstić information content (AvgIpc) is 3.01. The van der Waals surface area contributed by atoms with E-state index in [4.69, 9.17) is 0 Å². The summed E-state index contributed by atoms with van der Waals surface area (Å²) in [6, 6.07) is 1.22. The van der Waals surface area contributed by atoms with Crippen LogP contribution in [0, 0.1) is 16.0 Å². The molecular weight excluding hydrogens is 238 g/mol. The number of hydrogen-bond donors (Lipinski definition) is 2. The lowest BCUT2D eigenvalue weighted by molar-refractivity contribution is -0.384. The van der Waals surface area contributed by atoms with Crippen LogP contribution in [0.3, 0.4) is 0 Å². The van der Waals surface area contributed by atoms with Crippen molar-refractivity contribution in [3.05, 3.63) is 28.1 Å². The Labute approximate surface area is 103 Å². The molecule has 18 heavy (non-hydrogen) atoms. The Balaban J connectivity index is 1.66. The molecule has 0 bridgehead atoms. The molecule has 7 nitrogen and oxygen atoms in total. The molecule has 96 valence electrons. The highest BCUT2D eigenvalue weighted by atomic mass is 16.6. The Hall–Kier alpha value is -1.89. The largest absolute Gasteiger partial charge is 0.386 e. The second-order valence-electron chi connectivity index (χ2n) is 5.07. The molecule has 2 heterocycles. The van der Waals surface area contributed by atoms with Crippen LogP contribution in [0.2, 0.25) is 0 Å². The van der Waals surface area contributed by atoms with Crippen molar-refractivity contribution in [2.45, 2.75) is 18.4 Å². The maximum absolute atomic E-state index is 12.0. The molecule has 1 saturated heterocycles. The number of likely N-dealkylation sites (tertiary alicyclic amines) is 1. The molecule has 0 aromatic carbocycles. The summed E-state index contributed by atoms with van der Waals surface area (Å²) in [6.07, 6.45) is 3.24. The van der Waals surface area contributed by atoms with Gasteiger partial charge in [-0.1, -0.05) is 0 Å². The molecular formula is C11H13N3O4. The number of aromatic amines is 1. The number of nitro groups is 1. The van der Waals surface area contributed by atoms with Gasteiger partial charge in [-0.2, -0.15) is 0 Å². The third kappa shape index (κ3) is 1.67. The molecule has 0 unspecified atom stereocenters. The number of rotatable bonds is 3. The molecule has 3 rings (SSSR count). The van der Waals surface area contributed by atoms with E-state index in [-0.39, 0.29) is 17.3 Å². The third-order valence-corrected chi connectivity index (χ3v) is 3.66. The fraction of sp³-hybridized carbons (Fsp3) is 0.545. The summed E-state index contributed by atoms with van der Waals surface area (Å²) in [4.78, 5) is 26.0. The number of nitrogens with zero attached hydrogens (tertiary/aromatic N) is 2. The number of aliphatic hydroxyl groups is 1. The Bertz CT molecular complexity index is 514. The summed E-state index contributed by atoms with van der Waals surface area (Å²) in [5.41, 5.74) is -0.662. The van der Waals surface area contributed by atoms with Crippen LogP contribution in [-0.4, -0.2) is 44.5 Å². The minimum absolute atomic E-state index is 0.128. The van der Waals surface area contributed by atoms with Gasteiger partial charge in [-0.25, -0.2) is 0 Å². The van der Waals surface area contributed by atoms with Gasteiger partial charge in [0.05, 0.1) is 24.2 Å². The number of carbonyl (C=O) groups is 1. The van der Waals surface area contributed by atoms with Crippen LogP contribution in [0.4, 0.5) is 5.69 Å². The molecule has 1 aromatic heterocycles. The van der Waals surface area contributed by atoms with E-state index >= 15 is 0 Å². The van der Waals surface area contributed by atoms with Crippen molar-refractivity contribution in [2.75, 3.05) is 13.1 Å². The number of nitrogens with one attached hydrogen (secondary N) is 1. The minimum atomic E-state index is -0.728. The molecule has 1 aliphatic carbocycles. The highest BCUT2D eigenvalue weighted by Gasteiger charge is 2.53. The maximum Gasteiger partial charge on any atom is 0.287 e. The lowest BCUT2D eigenvalue weighted by Crippen LogP contribution is -2.64. The van der Waals surface area contributed by atoms with Gasteiger partial charge < -0.3 is 15.0 Å². The molecule has 7 heteroatoms. The fourth-order valence-electron chi connectivity index (χ4n) is 2.42. The normalized spacial score (nSPS) is 21.5. The van der Waals surface area contributed by atoms with Gasteiger partial charge in [0.25, 0.3) is 11.6 Å². The van der Waals surface area contributed by atoms with Crippen molar-refractivity contribution in [2.24, 2.45) is 5.92 Å². The van der Waals surface area contributed by atoms with Crippen LogP contribution in [0.1, 0.15) is 23.3 Å². The lowest BCUT2D eigenvalue weighted by Gasteiger charge is -2.46. The topological polar surface area (TPSA) is 99.5 Å². The van der Waals surface area contributed by atoms with Crippen LogP contribution in [0.15, 0.2) is 12.3 Å². The summed E-state index contributed by atoms with van der Waals surface area (Å²) >= 11 is 0. The molecule has 0 atom stereocenters. The van der Waals surface area contributed by atoms with E-state index in [1.165, 1.54) is 17.2 Å². The summed E-state index contributed by atoms with van der Waals surface area (Å²) in [6.45, 7) is 0.645. The van der Waals surface area contributed by atoms with E-state index < -0.39 is 10.5 Å². The first kappa shape index (κ1) is 11.2. The van der Waals surface area contributed by atoms with Crippen molar-refractivity contribution >= 4 is 11.6 Å². The number of hydrogen-bond acceptors (Lipinski definition) is 4. The molecule has 0 radical (unpaired) electrons. The molecule has 2 fully saturated rings. The van der Waals surface area contributed by atoms with Gasteiger partial charge in [0.1, 0.15) is 11.3 Å². The van der Waals surface area contributed by atoms with Crippen LogP contribution < -0.4 is 0 Å². The third-order valence-electron chi connectivity index (χ3n) is 3.66. The number of amides is 1. The van der Waals surface area contributed by atoms with Gasteiger partial charge in [-0.05, 0) is 18.8 Å². The second-order valence-corrected chi connectivity index (χ2v) is 5.07. The first-order chi connectivity index (χ1) is 8.49. The first-order valence-corrected chi connectivity index (χ1v) is 5.84. The van der Waals surface area contributed by atoms with Crippen LogP contribution in [0.25, 0.3) is 0 Å². The van der Waals surface area contributed by atoms with Crippen molar-refractivity contribution in [3.63, 3.8) is 0 Å². The predicted molar refractivity (Wildman–Crippen MR) is 61.0 cm³/mol. The van der Waals surface area contributed by atoms with Crippen molar-refractivity contribution in [1.82, 2.24) is 9.88 Å². The quantitative estimate of drug-likeness (QED) is 0.604. The summed E-state index contributed by atoms with van der Waals surface area (Å²) in [5, 5.41) is 20.6. The molecule has 1 aliphatic heterocycles. The van der Waals surface area contributed by atoms with Crippen molar-refractivity contribution in [3.8, 4) is 0 Å². The Morgan fingerprint density at radius 1 is 1.56 bits per heavy atom. The highest BCUT2D eigenvalue weighted by Crippen LogP contribution is 2.44. The Kier molecular flexibility index (Phi) is 2.21. The van der Waals surface area contributed by atoms with Crippen molar-refractivity contribution in [1.29, 1.82) is 0 Å². The molecule has 2 N–H and O–H groups in total. The molecule has 1 saturated carbocycles. The average molecular weight is 251 g/mol. The van der Waals surface area contributed by atoms with E-state index in [0.29, 0.717) is 19.0 Å². The molecule has 2 aliphatic rings. The SMILES string of the molecule is O=C(c1cc([N+](=O)[O-])c[nH]1)N1CC(O)(C2CC2)C1. The zero-order valence-corrected chi connectivity index (χ0v) is 9.63. The van der Waals surface area contributed by atoms with Gasteiger partial charge in [-0.15, -0.1) is 0 Å². The maximum atomic E-state index is 12.0. The number of carbonyl (C=O) groups excluding carboxylic acids is 1. The predicted octanol–water partition coefficient (Wildman–Crippen LogP) is 0.520. The van der Waals surface area contributed by atoms with Gasteiger partial charge in [0.2, 0.25) is 0 Å². The smallest absolute Gasteiger partial charge is 0.287 e. The number of H-pyrrole nitrogens is 1. The molecule has 1 aromatic rings. The number of β-amino-alcohol motifs (C(OH)–C–C–N with tert-alkyl or cyclic N) is 1. The van der Waals surface area contributed by atoms with Crippen LogP contribution in [0.5, 0.6) is 0 Å². The highest BCUT2D eigenvalue weighted by molar-refractivity contribution is 5.94. The molecule has 0 spiro atoms. The monoisotopic (exact) mass is 251 g/mol. The van der Waals surface area contributed by atoms with Gasteiger partial charge >= 0.3 is 0 Å². The van der Waals surface area contributed by atoms with E-state index in [2.05, 4.69) is 4.98 Å². The number of aromatic nitrogens is 1. The van der Waals surface area contributed by atoms with E-state index in [1.54, 1.807) is 0 Å². The Morgan fingerprint density at radius 3 is 2.72 bits per heavy atom. The van der Waals surface area contributed by atoms with Crippen molar-refractivity contribution < 1.29 is 14.8 Å². The van der Waals surface area contributed by atoms with Crippen LogP contribution in [-0.2, 0) is 0 Å². The Morgan fingerprint density at radius 2 is 2.22 bits per heavy atom. The summed E-state index contributed by atoms with van der Waals surface area (Å²) in [5.74, 6) is 0.0213. The zero-order valence-electron chi connectivity index (χ0n) is 9.63. The molecule has 1 amide bonds. The van der Waals surface area contributed by atoms with Gasteiger partial charge in [-0.3, -0.25) is 14.9 Å². The lowest BCUT2D eigenvalue weighted by atomic mass is 9.88. The van der Waals surface area contributed by atoms with E-state index in [1.807, 2.05) is 0 Å². The van der Waals surface area contributed by atoms with Gasteiger partial charge in [0.15, 0.2) is 0 Å². The first-order valence-electron chi connectivity index (χ1n) is 5.84. The summed E-state index contributed by atoms with van der Waals surface area (Å²) < 4.78 is 0.